The van der Waals surface area contributed by atoms with Gasteiger partial charge in [0, 0.05) is 31.6 Å². The maximum Gasteiger partial charge on any atom is 0.243 e. The SMILES string of the molecule is CCN(CC)c1nn(Cc2ccc(F)cc2)c2ccc(S(=O)(=O)N3CCCC(C)C3)cc12. The summed E-state index contributed by atoms with van der Waals surface area (Å²) in [7, 11) is -3.56. The quantitative estimate of drug-likeness (QED) is 0.523. The standard InChI is InChI=1S/C24H31FN4O2S/c1-4-27(5-2)24-22-15-21(32(30,31)28-14-6-7-18(3)16-28)12-13-23(22)29(26-24)17-19-8-10-20(25)11-9-19/h8-13,15,18H,4-7,14,16-17H2,1-3H3. The van der Waals surface area contributed by atoms with Crippen molar-refractivity contribution in [2.24, 2.45) is 5.92 Å². The predicted octanol–water partition coefficient (Wildman–Crippen LogP) is 4.49. The number of benzene rings is 2. The largest absolute Gasteiger partial charge is 0.355 e. The second kappa shape index (κ2) is 9.19. The number of rotatable bonds is 7. The molecule has 1 aliphatic heterocycles. The number of halogens is 1. The van der Waals surface area contributed by atoms with E-state index in [1.54, 1.807) is 28.6 Å². The Kier molecular flexibility index (Phi) is 6.53. The Bertz CT molecular complexity index is 1190. The molecule has 1 aliphatic rings. The van der Waals surface area contributed by atoms with Crippen molar-refractivity contribution in [1.29, 1.82) is 0 Å². The van der Waals surface area contributed by atoms with E-state index in [-0.39, 0.29) is 5.82 Å². The Morgan fingerprint density at radius 1 is 1.12 bits per heavy atom. The van der Waals surface area contributed by atoms with Gasteiger partial charge in [0.25, 0.3) is 0 Å². The molecule has 0 N–H and O–H groups in total. The molecule has 32 heavy (non-hydrogen) atoms. The number of sulfonamides is 1. The lowest BCUT2D eigenvalue weighted by atomic mass is 10.0. The molecule has 1 aromatic heterocycles. The highest BCUT2D eigenvalue weighted by Crippen LogP contribution is 2.31. The van der Waals surface area contributed by atoms with E-state index in [9.17, 15) is 12.8 Å². The van der Waals surface area contributed by atoms with E-state index in [2.05, 4.69) is 25.7 Å². The number of fused-ring (bicyclic) bond motifs is 1. The summed E-state index contributed by atoms with van der Waals surface area (Å²) in [5.41, 5.74) is 1.79. The first kappa shape index (κ1) is 22.7. The van der Waals surface area contributed by atoms with E-state index in [0.29, 0.717) is 30.4 Å². The molecular formula is C24H31FN4O2S. The highest BCUT2D eigenvalue weighted by atomic mass is 32.2. The monoisotopic (exact) mass is 458 g/mol. The fourth-order valence-corrected chi connectivity index (χ4v) is 6.08. The highest BCUT2D eigenvalue weighted by molar-refractivity contribution is 7.89. The predicted molar refractivity (Wildman–Crippen MR) is 126 cm³/mol. The molecule has 0 aliphatic carbocycles. The summed E-state index contributed by atoms with van der Waals surface area (Å²) >= 11 is 0. The van der Waals surface area contributed by atoms with Crippen molar-refractivity contribution in [3.8, 4) is 0 Å². The van der Waals surface area contributed by atoms with Crippen LogP contribution in [-0.4, -0.2) is 48.7 Å². The molecule has 1 atom stereocenters. The van der Waals surface area contributed by atoms with Crippen molar-refractivity contribution in [2.75, 3.05) is 31.1 Å². The molecule has 3 aromatic rings. The number of hydrogen-bond donors (Lipinski definition) is 0. The van der Waals surface area contributed by atoms with Gasteiger partial charge in [-0.15, -0.1) is 0 Å². The molecule has 0 spiro atoms. The van der Waals surface area contributed by atoms with Gasteiger partial charge in [-0.25, -0.2) is 12.8 Å². The molecule has 1 saturated heterocycles. The Morgan fingerprint density at radius 2 is 1.84 bits per heavy atom. The summed E-state index contributed by atoms with van der Waals surface area (Å²) in [6.07, 6.45) is 1.95. The van der Waals surface area contributed by atoms with Crippen LogP contribution in [0.15, 0.2) is 47.4 Å². The Hall–Kier alpha value is -2.45. The van der Waals surface area contributed by atoms with E-state index in [1.165, 1.54) is 12.1 Å². The number of aromatic nitrogens is 2. The molecule has 0 radical (unpaired) electrons. The number of nitrogens with zero attached hydrogens (tertiary/aromatic N) is 4. The minimum atomic E-state index is -3.56. The molecular weight excluding hydrogens is 427 g/mol. The topological polar surface area (TPSA) is 58.4 Å². The van der Waals surface area contributed by atoms with Crippen LogP contribution in [0.4, 0.5) is 10.2 Å². The number of hydrogen-bond acceptors (Lipinski definition) is 4. The van der Waals surface area contributed by atoms with Crippen LogP contribution in [0.3, 0.4) is 0 Å². The Labute approximate surface area is 189 Å². The average Bonchev–Trinajstić information content (AvgIpc) is 3.14. The van der Waals surface area contributed by atoms with Crippen molar-refractivity contribution in [3.05, 3.63) is 53.8 Å². The summed E-state index contributed by atoms with van der Waals surface area (Å²) < 4.78 is 43.6. The summed E-state index contributed by atoms with van der Waals surface area (Å²) in [6, 6.07) is 11.7. The van der Waals surface area contributed by atoms with Gasteiger partial charge >= 0.3 is 0 Å². The van der Waals surface area contributed by atoms with Crippen molar-refractivity contribution in [3.63, 3.8) is 0 Å². The molecule has 2 aromatic carbocycles. The van der Waals surface area contributed by atoms with Crippen LogP contribution in [0, 0.1) is 11.7 Å². The maximum absolute atomic E-state index is 13.4. The zero-order valence-electron chi connectivity index (χ0n) is 19.0. The fourth-order valence-electron chi connectivity index (χ4n) is 4.46. The van der Waals surface area contributed by atoms with E-state index in [0.717, 1.165) is 48.2 Å². The molecule has 0 saturated carbocycles. The lowest BCUT2D eigenvalue weighted by Gasteiger charge is -2.30. The number of anilines is 1. The zero-order chi connectivity index (χ0) is 22.9. The molecule has 1 fully saturated rings. The molecule has 6 nitrogen and oxygen atoms in total. The summed E-state index contributed by atoms with van der Waals surface area (Å²) in [6.45, 7) is 9.36. The van der Waals surface area contributed by atoms with Crippen LogP contribution >= 0.6 is 0 Å². The first-order chi connectivity index (χ1) is 15.3. The van der Waals surface area contributed by atoms with Crippen LogP contribution in [0.2, 0.25) is 0 Å². The first-order valence-electron chi connectivity index (χ1n) is 11.3. The van der Waals surface area contributed by atoms with Crippen LogP contribution in [0.25, 0.3) is 10.9 Å². The van der Waals surface area contributed by atoms with Crippen molar-refractivity contribution in [1.82, 2.24) is 14.1 Å². The summed E-state index contributed by atoms with van der Waals surface area (Å²) in [5.74, 6) is 0.868. The Balaban J connectivity index is 1.78. The number of piperidine rings is 1. The molecule has 0 bridgehead atoms. The molecule has 1 unspecified atom stereocenters. The minimum Gasteiger partial charge on any atom is -0.355 e. The van der Waals surface area contributed by atoms with Crippen LogP contribution < -0.4 is 4.90 Å². The average molecular weight is 459 g/mol. The van der Waals surface area contributed by atoms with Crippen LogP contribution in [0.1, 0.15) is 39.2 Å². The Morgan fingerprint density at radius 3 is 2.50 bits per heavy atom. The van der Waals surface area contributed by atoms with Gasteiger partial charge in [-0.05, 0) is 68.5 Å². The van der Waals surface area contributed by atoms with Crippen molar-refractivity contribution < 1.29 is 12.8 Å². The van der Waals surface area contributed by atoms with Gasteiger partial charge < -0.3 is 4.90 Å². The first-order valence-corrected chi connectivity index (χ1v) is 12.8. The fraction of sp³-hybridized carbons (Fsp3) is 0.458. The molecule has 4 rings (SSSR count). The van der Waals surface area contributed by atoms with Crippen LogP contribution in [0.5, 0.6) is 0 Å². The van der Waals surface area contributed by atoms with E-state index in [1.807, 2.05) is 10.7 Å². The second-order valence-electron chi connectivity index (χ2n) is 8.57. The van der Waals surface area contributed by atoms with Gasteiger partial charge in [-0.2, -0.15) is 9.40 Å². The third kappa shape index (κ3) is 4.38. The summed E-state index contributed by atoms with van der Waals surface area (Å²) in [4.78, 5) is 2.44. The summed E-state index contributed by atoms with van der Waals surface area (Å²) in [5, 5.41) is 5.66. The third-order valence-electron chi connectivity index (χ3n) is 6.27. The third-order valence-corrected chi connectivity index (χ3v) is 8.13. The second-order valence-corrected chi connectivity index (χ2v) is 10.5. The normalized spacial score (nSPS) is 17.7. The zero-order valence-corrected chi connectivity index (χ0v) is 19.8. The van der Waals surface area contributed by atoms with Gasteiger partial charge in [0.1, 0.15) is 5.82 Å². The molecule has 8 heteroatoms. The highest BCUT2D eigenvalue weighted by Gasteiger charge is 2.29. The molecule has 0 amide bonds. The van der Waals surface area contributed by atoms with E-state index in [4.69, 9.17) is 5.10 Å². The van der Waals surface area contributed by atoms with Gasteiger partial charge in [-0.3, -0.25) is 4.68 Å². The van der Waals surface area contributed by atoms with Crippen molar-refractivity contribution in [2.45, 2.75) is 45.1 Å². The van der Waals surface area contributed by atoms with Gasteiger partial charge in [0.05, 0.1) is 17.0 Å². The smallest absolute Gasteiger partial charge is 0.243 e. The van der Waals surface area contributed by atoms with Gasteiger partial charge in [0.2, 0.25) is 10.0 Å². The van der Waals surface area contributed by atoms with Gasteiger partial charge in [0.15, 0.2) is 5.82 Å². The van der Waals surface area contributed by atoms with E-state index < -0.39 is 10.0 Å². The maximum atomic E-state index is 13.4. The molecule has 172 valence electrons. The molecule has 2 heterocycles. The van der Waals surface area contributed by atoms with E-state index >= 15 is 0 Å². The minimum absolute atomic E-state index is 0.273. The van der Waals surface area contributed by atoms with Crippen molar-refractivity contribution >= 4 is 26.7 Å². The lowest BCUT2D eigenvalue weighted by molar-refractivity contribution is 0.281. The lowest BCUT2D eigenvalue weighted by Crippen LogP contribution is -2.39. The van der Waals surface area contributed by atoms with Gasteiger partial charge in [-0.1, -0.05) is 19.1 Å². The van der Waals surface area contributed by atoms with Crippen LogP contribution in [-0.2, 0) is 16.6 Å².